The molecule has 0 amide bonds. The summed E-state index contributed by atoms with van der Waals surface area (Å²) in [5.41, 5.74) is 2.78. The fraction of sp³-hybridized carbons (Fsp3) is 0.368. The molecule has 1 saturated heterocycles. The highest BCUT2D eigenvalue weighted by Gasteiger charge is 2.32. The van der Waals surface area contributed by atoms with Gasteiger partial charge >= 0.3 is 0 Å². The first-order valence-corrected chi connectivity index (χ1v) is 7.79. The summed E-state index contributed by atoms with van der Waals surface area (Å²) in [5.74, 6) is 1.10. The van der Waals surface area contributed by atoms with Gasteiger partial charge in [-0.1, -0.05) is 60.7 Å². The molecule has 0 aromatic heterocycles. The van der Waals surface area contributed by atoms with Gasteiger partial charge in [0.25, 0.3) is 0 Å². The zero-order valence-corrected chi connectivity index (χ0v) is 12.4. The molecule has 1 aliphatic heterocycles. The summed E-state index contributed by atoms with van der Waals surface area (Å²) in [5, 5.41) is 9.35. The topological polar surface area (TPSA) is 23.5 Å². The molecule has 0 aliphatic carbocycles. The van der Waals surface area contributed by atoms with E-state index in [1.807, 2.05) is 0 Å². The molecule has 2 aromatic carbocycles. The van der Waals surface area contributed by atoms with Crippen molar-refractivity contribution < 1.29 is 5.11 Å². The van der Waals surface area contributed by atoms with E-state index < -0.39 is 0 Å². The summed E-state index contributed by atoms with van der Waals surface area (Å²) in [6, 6.07) is 21.4. The van der Waals surface area contributed by atoms with E-state index in [9.17, 15) is 5.11 Å². The minimum atomic E-state index is 0.285. The van der Waals surface area contributed by atoms with E-state index in [4.69, 9.17) is 0 Å². The highest BCUT2D eigenvalue weighted by Crippen LogP contribution is 2.35. The second-order valence-corrected chi connectivity index (χ2v) is 5.97. The molecule has 1 fully saturated rings. The lowest BCUT2D eigenvalue weighted by Gasteiger charge is -2.17. The molecule has 0 bridgehead atoms. The van der Waals surface area contributed by atoms with Crippen molar-refractivity contribution >= 4 is 0 Å². The molecule has 0 saturated carbocycles. The van der Waals surface area contributed by atoms with Crippen molar-refractivity contribution in [2.75, 3.05) is 19.7 Å². The first-order valence-electron chi connectivity index (χ1n) is 7.79. The van der Waals surface area contributed by atoms with Crippen molar-refractivity contribution in [3.63, 3.8) is 0 Å². The number of benzene rings is 2. The molecule has 0 spiro atoms. The molecule has 2 atom stereocenters. The van der Waals surface area contributed by atoms with E-state index in [-0.39, 0.29) is 6.61 Å². The Kier molecular flexibility index (Phi) is 4.69. The van der Waals surface area contributed by atoms with Crippen molar-refractivity contribution in [2.24, 2.45) is 5.92 Å². The van der Waals surface area contributed by atoms with Crippen LogP contribution >= 0.6 is 0 Å². The van der Waals surface area contributed by atoms with Crippen LogP contribution in [0.25, 0.3) is 0 Å². The van der Waals surface area contributed by atoms with Gasteiger partial charge in [0.2, 0.25) is 0 Å². The van der Waals surface area contributed by atoms with E-state index in [0.717, 1.165) is 26.1 Å². The Hall–Kier alpha value is -1.64. The molecular weight excluding hydrogens is 258 g/mol. The number of hydrogen-bond acceptors (Lipinski definition) is 2. The maximum absolute atomic E-state index is 9.35. The molecule has 0 radical (unpaired) electrons. The molecular formula is C19H23NO. The number of hydrogen-bond donors (Lipinski definition) is 1. The third-order valence-corrected chi connectivity index (χ3v) is 4.49. The minimum absolute atomic E-state index is 0.285. The molecule has 0 unspecified atom stereocenters. The lowest BCUT2D eigenvalue weighted by atomic mass is 9.87. The maximum Gasteiger partial charge on any atom is 0.0434 e. The summed E-state index contributed by atoms with van der Waals surface area (Å²) in [4.78, 5) is 2.52. The van der Waals surface area contributed by atoms with E-state index in [1.165, 1.54) is 11.1 Å². The molecule has 1 heterocycles. The van der Waals surface area contributed by atoms with Gasteiger partial charge in [-0.2, -0.15) is 0 Å². The van der Waals surface area contributed by atoms with Gasteiger partial charge in [0, 0.05) is 32.2 Å². The lowest BCUT2D eigenvalue weighted by Crippen LogP contribution is -2.20. The number of likely N-dealkylation sites (tertiary alicyclic amines) is 1. The van der Waals surface area contributed by atoms with Crippen LogP contribution in [0.1, 0.15) is 23.5 Å². The van der Waals surface area contributed by atoms with Crippen LogP contribution in [0.3, 0.4) is 0 Å². The van der Waals surface area contributed by atoms with Gasteiger partial charge in [0.05, 0.1) is 0 Å². The van der Waals surface area contributed by atoms with E-state index in [0.29, 0.717) is 11.8 Å². The van der Waals surface area contributed by atoms with Gasteiger partial charge < -0.3 is 5.11 Å². The average molecular weight is 281 g/mol. The van der Waals surface area contributed by atoms with Crippen molar-refractivity contribution in [2.45, 2.75) is 18.9 Å². The van der Waals surface area contributed by atoms with Crippen LogP contribution in [-0.4, -0.2) is 29.7 Å². The molecule has 1 N–H and O–H groups in total. The van der Waals surface area contributed by atoms with Crippen LogP contribution in [-0.2, 0) is 6.54 Å². The molecule has 2 aromatic rings. The number of nitrogens with zero attached hydrogens (tertiary/aromatic N) is 1. The van der Waals surface area contributed by atoms with Crippen LogP contribution in [0.2, 0.25) is 0 Å². The Morgan fingerprint density at radius 1 is 0.905 bits per heavy atom. The van der Waals surface area contributed by atoms with E-state index in [1.54, 1.807) is 0 Å². The summed E-state index contributed by atoms with van der Waals surface area (Å²) in [6.07, 6.45) is 0.894. The van der Waals surface area contributed by atoms with Gasteiger partial charge in [-0.25, -0.2) is 0 Å². The van der Waals surface area contributed by atoms with E-state index in [2.05, 4.69) is 65.6 Å². The van der Waals surface area contributed by atoms with Gasteiger partial charge in [-0.15, -0.1) is 0 Å². The summed E-state index contributed by atoms with van der Waals surface area (Å²) in [6.45, 7) is 3.46. The Morgan fingerprint density at radius 2 is 1.57 bits per heavy atom. The number of aliphatic hydroxyl groups is 1. The smallest absolute Gasteiger partial charge is 0.0434 e. The summed E-state index contributed by atoms with van der Waals surface area (Å²) in [7, 11) is 0. The number of rotatable bonds is 5. The van der Waals surface area contributed by atoms with Crippen LogP contribution in [0, 0.1) is 5.92 Å². The predicted molar refractivity (Wildman–Crippen MR) is 86.1 cm³/mol. The SMILES string of the molecule is OCC[C@H]1CN(Cc2ccccc2)C[C@@H]1c1ccccc1. The maximum atomic E-state index is 9.35. The Bertz CT molecular complexity index is 540. The van der Waals surface area contributed by atoms with Crippen molar-refractivity contribution in [3.05, 3.63) is 71.8 Å². The van der Waals surface area contributed by atoms with Crippen LogP contribution in [0.15, 0.2) is 60.7 Å². The Morgan fingerprint density at radius 3 is 2.24 bits per heavy atom. The third kappa shape index (κ3) is 3.52. The minimum Gasteiger partial charge on any atom is -0.396 e. The molecule has 2 nitrogen and oxygen atoms in total. The number of aliphatic hydroxyl groups excluding tert-OH is 1. The fourth-order valence-electron chi connectivity index (χ4n) is 3.47. The third-order valence-electron chi connectivity index (χ3n) is 4.49. The first-order chi connectivity index (χ1) is 10.4. The molecule has 110 valence electrons. The Labute approximate surface area is 127 Å². The highest BCUT2D eigenvalue weighted by molar-refractivity contribution is 5.23. The quantitative estimate of drug-likeness (QED) is 0.909. The van der Waals surface area contributed by atoms with Gasteiger partial charge in [-0.3, -0.25) is 4.90 Å². The predicted octanol–water partition coefficient (Wildman–Crippen LogP) is 3.28. The molecule has 21 heavy (non-hydrogen) atoms. The van der Waals surface area contributed by atoms with Crippen molar-refractivity contribution in [1.29, 1.82) is 0 Å². The second kappa shape index (κ2) is 6.88. The summed E-state index contributed by atoms with van der Waals surface area (Å²) < 4.78 is 0. The van der Waals surface area contributed by atoms with Gasteiger partial charge in [0.1, 0.15) is 0 Å². The summed E-state index contributed by atoms with van der Waals surface area (Å²) >= 11 is 0. The van der Waals surface area contributed by atoms with Crippen LogP contribution in [0.4, 0.5) is 0 Å². The second-order valence-electron chi connectivity index (χ2n) is 5.97. The normalized spacial score (nSPS) is 22.5. The zero-order chi connectivity index (χ0) is 14.5. The fourth-order valence-corrected chi connectivity index (χ4v) is 3.47. The lowest BCUT2D eigenvalue weighted by molar-refractivity contribution is 0.246. The van der Waals surface area contributed by atoms with Crippen LogP contribution in [0.5, 0.6) is 0 Å². The first kappa shape index (κ1) is 14.3. The molecule has 3 rings (SSSR count). The van der Waals surface area contributed by atoms with E-state index >= 15 is 0 Å². The Balaban J connectivity index is 1.72. The van der Waals surface area contributed by atoms with Gasteiger partial charge in [0.15, 0.2) is 0 Å². The van der Waals surface area contributed by atoms with Crippen molar-refractivity contribution in [1.82, 2.24) is 4.90 Å². The highest BCUT2D eigenvalue weighted by atomic mass is 16.3. The standard InChI is InChI=1S/C19H23NO/c21-12-11-18-14-20(13-16-7-3-1-4-8-16)15-19(18)17-9-5-2-6-10-17/h1-10,18-19,21H,11-15H2/t18-,19+/m0/s1. The monoisotopic (exact) mass is 281 g/mol. The largest absolute Gasteiger partial charge is 0.396 e. The zero-order valence-electron chi connectivity index (χ0n) is 12.4. The molecule has 2 heteroatoms. The molecule has 1 aliphatic rings. The van der Waals surface area contributed by atoms with Crippen molar-refractivity contribution in [3.8, 4) is 0 Å². The van der Waals surface area contributed by atoms with Gasteiger partial charge in [-0.05, 0) is 23.5 Å². The van der Waals surface area contributed by atoms with Crippen LogP contribution < -0.4 is 0 Å². The average Bonchev–Trinajstić information content (AvgIpc) is 2.92.